The zero-order valence-corrected chi connectivity index (χ0v) is 20.4. The molecule has 0 aliphatic carbocycles. The van der Waals surface area contributed by atoms with Crippen molar-refractivity contribution in [3.05, 3.63) is 76.4 Å². The highest BCUT2D eigenvalue weighted by molar-refractivity contribution is 6.35. The molecule has 0 aliphatic rings. The topological polar surface area (TPSA) is 57.5 Å². The van der Waals surface area contributed by atoms with Gasteiger partial charge < -0.3 is 15.5 Å². The second-order valence-electron chi connectivity index (χ2n) is 7.75. The van der Waals surface area contributed by atoms with Crippen molar-refractivity contribution < 1.29 is 0 Å². The molecule has 0 unspecified atom stereocenters. The minimum atomic E-state index is 0.545. The molecule has 0 radical (unpaired) electrons. The maximum absolute atomic E-state index is 6.34. The number of hydrogen-bond acceptors (Lipinski definition) is 5. The van der Waals surface area contributed by atoms with Crippen molar-refractivity contribution in [2.24, 2.45) is 0 Å². The summed E-state index contributed by atoms with van der Waals surface area (Å²) in [6.07, 6.45) is 1.75. The lowest BCUT2D eigenvalue weighted by Gasteiger charge is -2.18. The molecule has 0 atom stereocenters. The smallest absolute Gasteiger partial charge is 0.157 e. The molecule has 6 nitrogen and oxygen atoms in total. The number of nitrogens with one attached hydrogen (secondary N) is 2. The van der Waals surface area contributed by atoms with Gasteiger partial charge in [-0.1, -0.05) is 55.2 Å². The van der Waals surface area contributed by atoms with Gasteiger partial charge in [0.1, 0.15) is 5.82 Å². The van der Waals surface area contributed by atoms with Crippen LogP contribution in [0.1, 0.15) is 19.4 Å². The van der Waals surface area contributed by atoms with E-state index in [1.165, 1.54) is 0 Å². The van der Waals surface area contributed by atoms with E-state index in [1.54, 1.807) is 16.8 Å². The van der Waals surface area contributed by atoms with Gasteiger partial charge in [-0.2, -0.15) is 9.61 Å². The predicted octanol–water partition coefficient (Wildman–Crippen LogP) is 6.07. The van der Waals surface area contributed by atoms with Gasteiger partial charge in [0.05, 0.1) is 11.9 Å². The first-order valence-electron chi connectivity index (χ1n) is 11.2. The Balaban J connectivity index is 1.50. The van der Waals surface area contributed by atoms with Crippen LogP contribution in [0.25, 0.3) is 16.9 Å². The van der Waals surface area contributed by atoms with Crippen molar-refractivity contribution in [1.29, 1.82) is 0 Å². The Kier molecular flexibility index (Phi) is 7.70. The van der Waals surface area contributed by atoms with Crippen LogP contribution in [-0.4, -0.2) is 45.7 Å². The second kappa shape index (κ2) is 10.9. The zero-order chi connectivity index (χ0) is 23.2. The highest BCUT2D eigenvalue weighted by Crippen LogP contribution is 2.26. The fourth-order valence-corrected chi connectivity index (χ4v) is 4.17. The third-order valence-electron chi connectivity index (χ3n) is 5.67. The van der Waals surface area contributed by atoms with Crippen LogP contribution in [0.4, 0.5) is 11.5 Å². The van der Waals surface area contributed by atoms with Gasteiger partial charge in [0.2, 0.25) is 0 Å². The van der Waals surface area contributed by atoms with E-state index in [9.17, 15) is 0 Å². The number of nitrogens with zero attached hydrogens (tertiary/aromatic N) is 4. The van der Waals surface area contributed by atoms with Crippen molar-refractivity contribution >= 4 is 40.4 Å². The molecule has 4 rings (SSSR count). The van der Waals surface area contributed by atoms with Crippen LogP contribution < -0.4 is 10.6 Å². The van der Waals surface area contributed by atoms with Crippen LogP contribution in [0.15, 0.2) is 60.8 Å². The lowest BCUT2D eigenvalue weighted by atomic mass is 10.1. The molecule has 0 saturated carbocycles. The van der Waals surface area contributed by atoms with Gasteiger partial charge in [0.15, 0.2) is 5.65 Å². The largest absolute Gasteiger partial charge is 0.384 e. The fourth-order valence-electron chi connectivity index (χ4n) is 3.69. The standard InChI is InChI=1S/C25H28Cl2N6/c1-3-32(4-2)14-13-28-21-9-6-18(7-10-21)23-16-25(33-24(31-23)11-12-30-33)29-17-19-5-8-20(26)15-22(19)27/h5-12,15-16,28-29H,3-4,13-14,17H2,1-2H3. The molecule has 4 aromatic rings. The maximum atomic E-state index is 6.34. The monoisotopic (exact) mass is 482 g/mol. The number of anilines is 2. The number of likely N-dealkylation sites (N-methyl/N-ethyl adjacent to an activating group) is 1. The average molecular weight is 483 g/mol. The van der Waals surface area contributed by atoms with Crippen molar-refractivity contribution in [2.45, 2.75) is 20.4 Å². The fraction of sp³-hybridized carbons (Fsp3) is 0.280. The van der Waals surface area contributed by atoms with E-state index >= 15 is 0 Å². The Labute approximate surface area is 204 Å². The SMILES string of the molecule is CCN(CC)CCNc1ccc(-c2cc(NCc3ccc(Cl)cc3Cl)n3nccc3n2)cc1. The first-order chi connectivity index (χ1) is 16.1. The molecule has 0 bridgehead atoms. The first-order valence-corrected chi connectivity index (χ1v) is 11.9. The molecule has 2 heterocycles. The highest BCUT2D eigenvalue weighted by atomic mass is 35.5. The molecule has 2 N–H and O–H groups in total. The Bertz CT molecular complexity index is 1200. The minimum absolute atomic E-state index is 0.545. The van der Waals surface area contributed by atoms with Gasteiger partial charge in [0, 0.05) is 53.1 Å². The number of aromatic nitrogens is 3. The molecule has 0 amide bonds. The third kappa shape index (κ3) is 5.77. The van der Waals surface area contributed by atoms with E-state index in [0.29, 0.717) is 16.6 Å². The summed E-state index contributed by atoms with van der Waals surface area (Å²) in [4.78, 5) is 7.18. The van der Waals surface area contributed by atoms with Crippen LogP contribution >= 0.6 is 23.2 Å². The quantitative estimate of drug-likeness (QED) is 0.287. The third-order valence-corrected chi connectivity index (χ3v) is 6.25. The minimum Gasteiger partial charge on any atom is -0.384 e. The lowest BCUT2D eigenvalue weighted by Crippen LogP contribution is -2.28. The Morgan fingerprint density at radius 3 is 2.45 bits per heavy atom. The van der Waals surface area contributed by atoms with Crippen LogP contribution in [0.2, 0.25) is 10.0 Å². The van der Waals surface area contributed by atoms with Crippen LogP contribution in [-0.2, 0) is 6.54 Å². The lowest BCUT2D eigenvalue weighted by molar-refractivity contribution is 0.316. The van der Waals surface area contributed by atoms with Crippen LogP contribution in [0.3, 0.4) is 0 Å². The first kappa shape index (κ1) is 23.4. The summed E-state index contributed by atoms with van der Waals surface area (Å²) in [5, 5.41) is 12.6. The van der Waals surface area contributed by atoms with Crippen molar-refractivity contribution in [1.82, 2.24) is 19.5 Å². The second-order valence-corrected chi connectivity index (χ2v) is 8.59. The molecular formula is C25H28Cl2N6. The van der Waals surface area contributed by atoms with Crippen molar-refractivity contribution in [3.63, 3.8) is 0 Å². The summed E-state index contributed by atoms with van der Waals surface area (Å²) in [6.45, 7) is 9.01. The van der Waals surface area contributed by atoms with Gasteiger partial charge in [-0.15, -0.1) is 0 Å². The molecular weight excluding hydrogens is 455 g/mol. The summed E-state index contributed by atoms with van der Waals surface area (Å²) in [7, 11) is 0. The highest BCUT2D eigenvalue weighted by Gasteiger charge is 2.10. The maximum Gasteiger partial charge on any atom is 0.157 e. The average Bonchev–Trinajstić information content (AvgIpc) is 3.30. The van der Waals surface area contributed by atoms with Crippen LogP contribution in [0.5, 0.6) is 0 Å². The van der Waals surface area contributed by atoms with Gasteiger partial charge >= 0.3 is 0 Å². The number of benzene rings is 2. The molecule has 2 aromatic heterocycles. The van der Waals surface area contributed by atoms with Gasteiger partial charge in [-0.3, -0.25) is 0 Å². The molecule has 172 valence electrons. The number of hydrogen-bond donors (Lipinski definition) is 2. The molecule has 8 heteroatoms. The zero-order valence-electron chi connectivity index (χ0n) is 18.9. The number of fused-ring (bicyclic) bond motifs is 1. The molecule has 2 aromatic carbocycles. The molecule has 0 fully saturated rings. The predicted molar refractivity (Wildman–Crippen MR) is 138 cm³/mol. The number of halogens is 2. The Morgan fingerprint density at radius 2 is 1.73 bits per heavy atom. The molecule has 0 aliphatic heterocycles. The van der Waals surface area contributed by atoms with E-state index in [-0.39, 0.29) is 0 Å². The summed E-state index contributed by atoms with van der Waals surface area (Å²) in [6, 6.07) is 17.8. The Hall–Kier alpha value is -2.80. The van der Waals surface area contributed by atoms with E-state index < -0.39 is 0 Å². The molecule has 33 heavy (non-hydrogen) atoms. The normalized spacial score (nSPS) is 11.3. The van der Waals surface area contributed by atoms with Gasteiger partial charge in [0.25, 0.3) is 0 Å². The van der Waals surface area contributed by atoms with E-state index in [0.717, 1.165) is 60.2 Å². The van der Waals surface area contributed by atoms with Crippen molar-refractivity contribution in [3.8, 4) is 11.3 Å². The van der Waals surface area contributed by atoms with E-state index in [1.807, 2.05) is 24.3 Å². The van der Waals surface area contributed by atoms with Gasteiger partial charge in [-0.25, -0.2) is 4.98 Å². The van der Waals surface area contributed by atoms with Crippen LogP contribution in [0, 0.1) is 0 Å². The van der Waals surface area contributed by atoms with Crippen molar-refractivity contribution in [2.75, 3.05) is 36.8 Å². The van der Waals surface area contributed by atoms with Gasteiger partial charge in [-0.05, 0) is 42.9 Å². The number of rotatable bonds is 10. The molecule has 0 saturated heterocycles. The summed E-state index contributed by atoms with van der Waals surface area (Å²) < 4.78 is 1.79. The van der Waals surface area contributed by atoms with E-state index in [2.05, 4.69) is 58.7 Å². The summed E-state index contributed by atoms with van der Waals surface area (Å²) >= 11 is 12.4. The van der Waals surface area contributed by atoms with E-state index in [4.69, 9.17) is 28.2 Å². The summed E-state index contributed by atoms with van der Waals surface area (Å²) in [5.74, 6) is 0.840. The Morgan fingerprint density at radius 1 is 0.939 bits per heavy atom. The summed E-state index contributed by atoms with van der Waals surface area (Å²) in [5.41, 5.74) is 4.76. The molecule has 0 spiro atoms.